The van der Waals surface area contributed by atoms with Crippen LogP contribution < -0.4 is 10.2 Å². The first-order valence-corrected chi connectivity index (χ1v) is 10.7. The van der Waals surface area contributed by atoms with Crippen LogP contribution in [0.5, 0.6) is 0 Å². The molecule has 2 heterocycles. The van der Waals surface area contributed by atoms with Crippen LogP contribution in [-0.2, 0) is 9.84 Å². The number of benzene rings is 2. The van der Waals surface area contributed by atoms with Crippen LogP contribution in [0.3, 0.4) is 0 Å². The van der Waals surface area contributed by atoms with Gasteiger partial charge in [-0.05, 0) is 42.1 Å². The number of hydrogen-bond donors (Lipinski definition) is 1. The zero-order valence-electron chi connectivity index (χ0n) is 15.4. The average Bonchev–Trinajstić information content (AvgIpc) is 2.67. The average molecular weight is 438 g/mol. The van der Waals surface area contributed by atoms with E-state index in [1.165, 1.54) is 0 Å². The summed E-state index contributed by atoms with van der Waals surface area (Å²) in [6.07, 6.45) is 1.77. The molecule has 0 amide bonds. The highest BCUT2D eigenvalue weighted by atomic mass is 35.5. The Balaban J connectivity index is 0.00000225. The quantitative estimate of drug-likeness (QED) is 0.673. The van der Waals surface area contributed by atoms with Gasteiger partial charge in [0.1, 0.15) is 5.82 Å². The predicted octanol–water partition coefficient (Wildman–Crippen LogP) is 3.86. The lowest BCUT2D eigenvalue weighted by Gasteiger charge is -2.29. The minimum atomic E-state index is -3.73. The number of aromatic nitrogens is 1. The third-order valence-electron chi connectivity index (χ3n) is 4.88. The molecule has 5 nitrogen and oxygen atoms in total. The standard InChI is InChI=1S/C20H20ClN3O2S.ClH/c1-14-3-2-4-18(21)19(14)27(25,26)16-6-5-15-7-8-23-20(17(15)13-16)24-11-9-22-10-12-24;/h2-8,13,22H,9-12H2,1H3;1H. The van der Waals surface area contributed by atoms with Gasteiger partial charge in [-0.2, -0.15) is 0 Å². The number of nitrogens with zero attached hydrogens (tertiary/aromatic N) is 2. The lowest BCUT2D eigenvalue weighted by atomic mass is 10.1. The van der Waals surface area contributed by atoms with Crippen LogP contribution in [0.1, 0.15) is 5.56 Å². The number of halogens is 2. The number of sulfone groups is 1. The van der Waals surface area contributed by atoms with Gasteiger partial charge < -0.3 is 10.2 Å². The predicted molar refractivity (Wildman–Crippen MR) is 116 cm³/mol. The summed E-state index contributed by atoms with van der Waals surface area (Å²) < 4.78 is 26.6. The molecule has 0 aliphatic carbocycles. The molecule has 148 valence electrons. The Morgan fingerprint density at radius 1 is 1.11 bits per heavy atom. The Labute approximate surface area is 176 Å². The number of fused-ring (bicyclic) bond motifs is 1. The van der Waals surface area contributed by atoms with E-state index in [2.05, 4.69) is 15.2 Å². The lowest BCUT2D eigenvalue weighted by molar-refractivity contribution is 0.586. The minimum Gasteiger partial charge on any atom is -0.354 e. The molecule has 8 heteroatoms. The maximum atomic E-state index is 13.3. The Morgan fingerprint density at radius 3 is 2.57 bits per heavy atom. The summed E-state index contributed by atoms with van der Waals surface area (Å²) in [7, 11) is -3.73. The second-order valence-electron chi connectivity index (χ2n) is 6.64. The van der Waals surface area contributed by atoms with Crippen LogP contribution in [0.4, 0.5) is 5.82 Å². The van der Waals surface area contributed by atoms with Crippen LogP contribution in [-0.4, -0.2) is 39.6 Å². The van der Waals surface area contributed by atoms with Gasteiger partial charge in [-0.3, -0.25) is 0 Å². The lowest BCUT2D eigenvalue weighted by Crippen LogP contribution is -2.43. The Morgan fingerprint density at radius 2 is 1.86 bits per heavy atom. The minimum absolute atomic E-state index is 0. The fourth-order valence-electron chi connectivity index (χ4n) is 3.50. The van der Waals surface area contributed by atoms with E-state index in [4.69, 9.17) is 11.6 Å². The topological polar surface area (TPSA) is 62.3 Å². The molecule has 0 atom stereocenters. The van der Waals surface area contributed by atoms with Gasteiger partial charge >= 0.3 is 0 Å². The van der Waals surface area contributed by atoms with Crippen molar-refractivity contribution in [3.63, 3.8) is 0 Å². The molecule has 1 saturated heterocycles. The number of hydrogen-bond acceptors (Lipinski definition) is 5. The van der Waals surface area contributed by atoms with Crippen molar-refractivity contribution in [3.05, 3.63) is 59.2 Å². The fourth-order valence-corrected chi connectivity index (χ4v) is 5.60. The largest absolute Gasteiger partial charge is 0.354 e. The second kappa shape index (κ2) is 8.25. The van der Waals surface area contributed by atoms with Gasteiger partial charge in [0.15, 0.2) is 0 Å². The van der Waals surface area contributed by atoms with Crippen molar-refractivity contribution in [1.29, 1.82) is 0 Å². The van der Waals surface area contributed by atoms with Crippen molar-refractivity contribution in [3.8, 4) is 0 Å². The zero-order chi connectivity index (χ0) is 19.0. The Hall–Kier alpha value is -1.86. The summed E-state index contributed by atoms with van der Waals surface area (Å²) in [6, 6.07) is 12.2. The van der Waals surface area contributed by atoms with E-state index in [1.54, 1.807) is 43.5 Å². The molecule has 0 saturated carbocycles. The first-order chi connectivity index (χ1) is 13.0. The van der Waals surface area contributed by atoms with Crippen LogP contribution in [0.2, 0.25) is 5.02 Å². The second-order valence-corrected chi connectivity index (χ2v) is 8.94. The van der Waals surface area contributed by atoms with Gasteiger partial charge in [0.25, 0.3) is 0 Å². The van der Waals surface area contributed by atoms with Crippen molar-refractivity contribution < 1.29 is 8.42 Å². The van der Waals surface area contributed by atoms with Gasteiger partial charge in [-0.1, -0.05) is 29.8 Å². The van der Waals surface area contributed by atoms with Crippen LogP contribution in [0, 0.1) is 6.92 Å². The van der Waals surface area contributed by atoms with Crippen molar-refractivity contribution in [2.45, 2.75) is 16.7 Å². The normalized spacial score (nSPS) is 14.7. The molecule has 3 aromatic rings. The first kappa shape index (κ1) is 20.9. The highest BCUT2D eigenvalue weighted by Crippen LogP contribution is 2.33. The Bertz CT molecular complexity index is 1090. The van der Waals surface area contributed by atoms with E-state index in [0.717, 1.165) is 42.8 Å². The molecule has 1 aliphatic heterocycles. The van der Waals surface area contributed by atoms with Gasteiger partial charge in [-0.15, -0.1) is 12.4 Å². The first-order valence-electron chi connectivity index (χ1n) is 8.83. The monoisotopic (exact) mass is 437 g/mol. The van der Waals surface area contributed by atoms with E-state index < -0.39 is 9.84 Å². The molecule has 1 N–H and O–H groups in total. The summed E-state index contributed by atoms with van der Waals surface area (Å²) in [4.78, 5) is 7.13. The number of rotatable bonds is 3. The molecule has 1 aliphatic rings. The fraction of sp³-hybridized carbons (Fsp3) is 0.250. The van der Waals surface area contributed by atoms with Crippen LogP contribution in [0.25, 0.3) is 10.8 Å². The maximum Gasteiger partial charge on any atom is 0.208 e. The third-order valence-corrected chi connectivity index (χ3v) is 7.26. The molecule has 4 rings (SSSR count). The number of piperazine rings is 1. The molecule has 1 aromatic heterocycles. The molecular weight excluding hydrogens is 417 g/mol. The number of nitrogens with one attached hydrogen (secondary N) is 1. The molecular formula is C20H21Cl2N3O2S. The molecule has 0 spiro atoms. The molecule has 28 heavy (non-hydrogen) atoms. The summed E-state index contributed by atoms with van der Waals surface area (Å²) in [6.45, 7) is 5.21. The molecule has 0 bridgehead atoms. The van der Waals surface area contributed by atoms with Gasteiger partial charge in [0, 0.05) is 37.8 Å². The number of anilines is 1. The van der Waals surface area contributed by atoms with Crippen molar-refractivity contribution in [2.24, 2.45) is 0 Å². The third kappa shape index (κ3) is 3.70. The van der Waals surface area contributed by atoms with E-state index in [1.807, 2.05) is 12.1 Å². The van der Waals surface area contributed by atoms with E-state index >= 15 is 0 Å². The molecule has 1 fully saturated rings. The van der Waals surface area contributed by atoms with Crippen molar-refractivity contribution in [2.75, 3.05) is 31.1 Å². The van der Waals surface area contributed by atoms with Crippen LogP contribution in [0.15, 0.2) is 58.5 Å². The van der Waals surface area contributed by atoms with Crippen LogP contribution >= 0.6 is 24.0 Å². The zero-order valence-corrected chi connectivity index (χ0v) is 17.7. The Kier molecular flexibility index (Phi) is 6.15. The maximum absolute atomic E-state index is 13.3. The van der Waals surface area contributed by atoms with E-state index in [0.29, 0.717) is 5.56 Å². The highest BCUT2D eigenvalue weighted by molar-refractivity contribution is 7.91. The van der Waals surface area contributed by atoms with Gasteiger partial charge in [-0.25, -0.2) is 13.4 Å². The summed E-state index contributed by atoms with van der Waals surface area (Å²) >= 11 is 6.23. The summed E-state index contributed by atoms with van der Waals surface area (Å²) in [5.41, 5.74) is 0.635. The number of pyridine rings is 1. The number of aryl methyl sites for hydroxylation is 1. The molecule has 2 aromatic carbocycles. The SMILES string of the molecule is Cc1cccc(Cl)c1S(=O)(=O)c1ccc2ccnc(N3CCNCC3)c2c1.Cl. The molecule has 0 unspecified atom stereocenters. The summed E-state index contributed by atoms with van der Waals surface area (Å²) in [5, 5.41) is 5.37. The summed E-state index contributed by atoms with van der Waals surface area (Å²) in [5.74, 6) is 0.821. The van der Waals surface area contributed by atoms with E-state index in [-0.39, 0.29) is 27.2 Å². The van der Waals surface area contributed by atoms with Gasteiger partial charge in [0.2, 0.25) is 9.84 Å². The van der Waals surface area contributed by atoms with Crippen molar-refractivity contribution >= 4 is 50.4 Å². The van der Waals surface area contributed by atoms with Crippen molar-refractivity contribution in [1.82, 2.24) is 10.3 Å². The van der Waals surface area contributed by atoms with E-state index in [9.17, 15) is 8.42 Å². The molecule has 0 radical (unpaired) electrons. The smallest absolute Gasteiger partial charge is 0.208 e. The van der Waals surface area contributed by atoms with Gasteiger partial charge in [0.05, 0.1) is 14.8 Å². The highest BCUT2D eigenvalue weighted by Gasteiger charge is 2.24.